The zero-order valence-corrected chi connectivity index (χ0v) is 10.8. The minimum absolute atomic E-state index is 0.0561. The molecular weight excluding hydrogens is 214 g/mol. The highest BCUT2D eigenvalue weighted by Crippen LogP contribution is 2.41. The molecule has 0 heterocycles. The van der Waals surface area contributed by atoms with Gasteiger partial charge in [0.1, 0.15) is 5.41 Å². The van der Waals surface area contributed by atoms with Crippen molar-refractivity contribution in [1.29, 1.82) is 5.26 Å². The molecule has 0 bridgehead atoms. The fraction of sp³-hybridized carbons (Fsp3) is 0.846. The summed E-state index contributed by atoms with van der Waals surface area (Å²) in [5.41, 5.74) is -0.576. The minimum Gasteiger partial charge on any atom is -0.353 e. The summed E-state index contributed by atoms with van der Waals surface area (Å²) < 4.78 is 0. The summed E-state index contributed by atoms with van der Waals surface area (Å²) >= 11 is 0. The highest BCUT2D eigenvalue weighted by Gasteiger charge is 2.46. The van der Waals surface area contributed by atoms with E-state index in [0.717, 1.165) is 32.1 Å². The van der Waals surface area contributed by atoms with Crippen LogP contribution in [0.5, 0.6) is 0 Å². The Bertz CT molecular complexity index is 348. The Morgan fingerprint density at radius 2 is 1.88 bits per heavy atom. The van der Waals surface area contributed by atoms with Crippen LogP contribution in [0.3, 0.4) is 0 Å². The lowest BCUT2D eigenvalue weighted by Gasteiger charge is -2.48. The van der Waals surface area contributed by atoms with Gasteiger partial charge in [-0.15, -0.1) is 0 Å². The molecule has 0 saturated heterocycles. The first kappa shape index (κ1) is 12.4. The first-order chi connectivity index (χ1) is 8.05. The Balaban J connectivity index is 1.90. The molecule has 0 aromatic rings. The summed E-state index contributed by atoms with van der Waals surface area (Å²) in [5.74, 6) is -0.0561. The molecule has 0 aromatic carbocycles. The first-order valence-corrected chi connectivity index (χ1v) is 6.42. The molecule has 0 unspecified atom stereocenters. The Kier molecular flexibility index (Phi) is 3.13. The third-order valence-electron chi connectivity index (χ3n) is 4.67. The van der Waals surface area contributed by atoms with Gasteiger partial charge in [0.2, 0.25) is 5.91 Å². The summed E-state index contributed by atoms with van der Waals surface area (Å²) in [7, 11) is 4.13. The molecule has 2 aliphatic rings. The average molecular weight is 235 g/mol. The van der Waals surface area contributed by atoms with Crippen LogP contribution in [0, 0.1) is 16.7 Å². The summed E-state index contributed by atoms with van der Waals surface area (Å²) in [5, 5.41) is 12.1. The predicted molar refractivity (Wildman–Crippen MR) is 65.2 cm³/mol. The van der Waals surface area contributed by atoms with E-state index in [-0.39, 0.29) is 11.4 Å². The highest BCUT2D eigenvalue weighted by atomic mass is 16.2. The van der Waals surface area contributed by atoms with Crippen LogP contribution in [-0.2, 0) is 4.79 Å². The van der Waals surface area contributed by atoms with E-state index in [9.17, 15) is 4.79 Å². The van der Waals surface area contributed by atoms with E-state index in [1.54, 1.807) is 0 Å². The van der Waals surface area contributed by atoms with E-state index in [4.69, 9.17) is 5.26 Å². The fourth-order valence-corrected chi connectivity index (χ4v) is 2.70. The van der Waals surface area contributed by atoms with Gasteiger partial charge in [0.25, 0.3) is 0 Å². The lowest BCUT2D eigenvalue weighted by atomic mass is 9.69. The predicted octanol–water partition coefficient (Wildman–Crippen LogP) is 1.28. The molecule has 0 spiro atoms. The van der Waals surface area contributed by atoms with Gasteiger partial charge >= 0.3 is 0 Å². The van der Waals surface area contributed by atoms with Gasteiger partial charge < -0.3 is 10.2 Å². The number of nitrogens with zero attached hydrogens (tertiary/aromatic N) is 2. The molecule has 1 amide bonds. The summed E-state index contributed by atoms with van der Waals surface area (Å²) in [6.07, 6.45) is 5.96. The molecule has 0 aromatic heterocycles. The van der Waals surface area contributed by atoms with Crippen LogP contribution < -0.4 is 5.32 Å². The maximum absolute atomic E-state index is 12.0. The standard InChI is InChI=1S/C13H21N3O/c1-16(2)13(7-4-8-13)10-15-11(17)12(9-14)5-3-6-12/h3-8,10H2,1-2H3,(H,15,17). The van der Waals surface area contributed by atoms with Crippen LogP contribution >= 0.6 is 0 Å². The van der Waals surface area contributed by atoms with Crippen LogP contribution in [0.25, 0.3) is 0 Å². The van der Waals surface area contributed by atoms with E-state index in [2.05, 4.69) is 30.4 Å². The zero-order valence-electron chi connectivity index (χ0n) is 10.8. The van der Waals surface area contributed by atoms with Crippen LogP contribution in [0.4, 0.5) is 0 Å². The average Bonchev–Trinajstić information content (AvgIpc) is 2.14. The SMILES string of the molecule is CN(C)C1(CNC(=O)C2(C#N)CCC2)CCC1. The molecule has 2 saturated carbocycles. The second-order valence-electron chi connectivity index (χ2n) is 5.70. The van der Waals surface area contributed by atoms with Crippen LogP contribution in [0.1, 0.15) is 38.5 Å². The number of nitrogens with one attached hydrogen (secondary N) is 1. The minimum atomic E-state index is -0.711. The van der Waals surface area contributed by atoms with Crippen molar-refractivity contribution in [3.05, 3.63) is 0 Å². The third kappa shape index (κ3) is 1.93. The van der Waals surface area contributed by atoms with Crippen molar-refractivity contribution in [3.63, 3.8) is 0 Å². The van der Waals surface area contributed by atoms with E-state index < -0.39 is 5.41 Å². The molecule has 1 N–H and O–H groups in total. The van der Waals surface area contributed by atoms with Gasteiger partial charge in [-0.2, -0.15) is 5.26 Å². The molecular formula is C13H21N3O. The maximum atomic E-state index is 12.0. The Morgan fingerprint density at radius 1 is 1.29 bits per heavy atom. The molecule has 94 valence electrons. The van der Waals surface area contributed by atoms with E-state index >= 15 is 0 Å². The fourth-order valence-electron chi connectivity index (χ4n) is 2.70. The van der Waals surface area contributed by atoms with Gasteiger partial charge in [0.15, 0.2) is 0 Å². The number of hydrogen-bond acceptors (Lipinski definition) is 3. The Hall–Kier alpha value is -1.08. The molecule has 17 heavy (non-hydrogen) atoms. The summed E-state index contributed by atoms with van der Waals surface area (Å²) in [6, 6.07) is 2.19. The van der Waals surface area contributed by atoms with Crippen molar-refractivity contribution >= 4 is 5.91 Å². The van der Waals surface area contributed by atoms with Crippen LogP contribution in [0.2, 0.25) is 0 Å². The molecule has 2 aliphatic carbocycles. The van der Waals surface area contributed by atoms with E-state index in [0.29, 0.717) is 6.54 Å². The number of amides is 1. The van der Waals surface area contributed by atoms with E-state index in [1.807, 2.05) is 0 Å². The smallest absolute Gasteiger partial charge is 0.240 e. The number of rotatable bonds is 4. The van der Waals surface area contributed by atoms with Crippen molar-refractivity contribution in [2.45, 2.75) is 44.1 Å². The maximum Gasteiger partial charge on any atom is 0.240 e. The number of hydrogen-bond donors (Lipinski definition) is 1. The van der Waals surface area contributed by atoms with E-state index in [1.165, 1.54) is 6.42 Å². The largest absolute Gasteiger partial charge is 0.353 e. The third-order valence-corrected chi connectivity index (χ3v) is 4.67. The molecule has 0 atom stereocenters. The van der Waals surface area contributed by atoms with Gasteiger partial charge in [-0.05, 0) is 52.6 Å². The van der Waals surface area contributed by atoms with Crippen molar-refractivity contribution in [2.75, 3.05) is 20.6 Å². The molecule has 4 heteroatoms. The Labute approximate surface area is 103 Å². The quantitative estimate of drug-likeness (QED) is 0.798. The first-order valence-electron chi connectivity index (χ1n) is 6.42. The number of carbonyl (C=O) groups is 1. The van der Waals surface area contributed by atoms with Crippen molar-refractivity contribution in [2.24, 2.45) is 5.41 Å². The van der Waals surface area contributed by atoms with Gasteiger partial charge in [0, 0.05) is 12.1 Å². The number of nitriles is 1. The number of carbonyl (C=O) groups excluding carboxylic acids is 1. The van der Waals surface area contributed by atoms with Gasteiger partial charge in [0.05, 0.1) is 6.07 Å². The van der Waals surface area contributed by atoms with Crippen molar-refractivity contribution in [3.8, 4) is 6.07 Å². The molecule has 0 aliphatic heterocycles. The highest BCUT2D eigenvalue weighted by molar-refractivity contribution is 5.86. The lowest BCUT2D eigenvalue weighted by molar-refractivity contribution is -0.132. The molecule has 2 fully saturated rings. The number of likely N-dealkylation sites (N-methyl/N-ethyl adjacent to an activating group) is 1. The monoisotopic (exact) mass is 235 g/mol. The second-order valence-corrected chi connectivity index (χ2v) is 5.70. The van der Waals surface area contributed by atoms with Gasteiger partial charge in [-0.1, -0.05) is 0 Å². The van der Waals surface area contributed by atoms with Crippen molar-refractivity contribution in [1.82, 2.24) is 10.2 Å². The summed E-state index contributed by atoms with van der Waals surface area (Å²) in [6.45, 7) is 0.683. The Morgan fingerprint density at radius 3 is 2.18 bits per heavy atom. The molecule has 2 rings (SSSR count). The van der Waals surface area contributed by atoms with Crippen LogP contribution in [0.15, 0.2) is 0 Å². The zero-order chi connectivity index (χ0) is 12.5. The lowest BCUT2D eigenvalue weighted by Crippen LogP contribution is -2.59. The topological polar surface area (TPSA) is 56.1 Å². The van der Waals surface area contributed by atoms with Crippen LogP contribution in [-0.4, -0.2) is 37.0 Å². The molecule has 0 radical (unpaired) electrons. The molecule has 4 nitrogen and oxygen atoms in total. The summed E-state index contributed by atoms with van der Waals surface area (Å²) in [4.78, 5) is 14.2. The normalized spacial score (nSPS) is 24.4. The van der Waals surface area contributed by atoms with Gasteiger partial charge in [-0.25, -0.2) is 0 Å². The van der Waals surface area contributed by atoms with Crippen molar-refractivity contribution < 1.29 is 4.79 Å². The van der Waals surface area contributed by atoms with Gasteiger partial charge in [-0.3, -0.25) is 4.79 Å². The second kappa shape index (κ2) is 4.30.